The molecule has 80 valence electrons. The molecule has 0 amide bonds. The highest BCUT2D eigenvalue weighted by atomic mass is 35.5. The van der Waals surface area contributed by atoms with Crippen LogP contribution in [-0.2, 0) is 0 Å². The summed E-state index contributed by atoms with van der Waals surface area (Å²) in [4.78, 5) is 0. The van der Waals surface area contributed by atoms with Gasteiger partial charge in [-0.15, -0.1) is 0 Å². The van der Waals surface area contributed by atoms with Gasteiger partial charge in [0.2, 0.25) is 0 Å². The molecule has 0 unspecified atom stereocenters. The van der Waals surface area contributed by atoms with Gasteiger partial charge in [-0.2, -0.15) is 31.7 Å². The number of hydrogen-bond acceptors (Lipinski definition) is 2. The minimum absolute atomic E-state index is 0.0828. The minimum Gasteiger partial charge on any atom is -0.196 e. The first-order valence-electron chi connectivity index (χ1n) is 3.08. The van der Waals surface area contributed by atoms with E-state index in [2.05, 4.69) is 5.10 Å². The lowest BCUT2D eigenvalue weighted by molar-refractivity contribution is -0.0336. The summed E-state index contributed by atoms with van der Waals surface area (Å²) >= 11 is 4.54. The predicted octanol–water partition coefficient (Wildman–Crippen LogP) is 3.54. The summed E-state index contributed by atoms with van der Waals surface area (Å²) in [5.41, 5.74) is -4.67. The summed E-state index contributed by atoms with van der Waals surface area (Å²) in [6, 6.07) is 0. The van der Waals surface area contributed by atoms with Crippen molar-refractivity contribution in [2.24, 2.45) is 0 Å². The van der Waals surface area contributed by atoms with Crippen molar-refractivity contribution in [3.8, 4) is 0 Å². The van der Waals surface area contributed by atoms with E-state index >= 15 is 0 Å². The van der Waals surface area contributed by atoms with Crippen LogP contribution in [0, 0.1) is 0 Å². The summed E-state index contributed by atoms with van der Waals surface area (Å²) in [7, 11) is 0. The Morgan fingerprint density at radius 3 is 2.43 bits per heavy atom. The molecular formula is C5H2ClF5N2S. The van der Waals surface area contributed by atoms with Crippen LogP contribution < -0.4 is 0 Å². The SMILES string of the molecule is FC(F)n1ncc(Cl)c1SC(F)(F)F. The van der Waals surface area contributed by atoms with Crippen LogP contribution in [0.1, 0.15) is 6.55 Å². The van der Waals surface area contributed by atoms with E-state index in [1.807, 2.05) is 0 Å². The van der Waals surface area contributed by atoms with Crippen LogP contribution in [0.2, 0.25) is 5.02 Å². The van der Waals surface area contributed by atoms with Crippen LogP contribution in [0.4, 0.5) is 22.0 Å². The Morgan fingerprint density at radius 1 is 1.43 bits per heavy atom. The maximum absolute atomic E-state index is 12.1. The number of thioether (sulfide) groups is 1. The van der Waals surface area contributed by atoms with Gasteiger partial charge < -0.3 is 0 Å². The zero-order valence-corrected chi connectivity index (χ0v) is 7.80. The molecule has 14 heavy (non-hydrogen) atoms. The fraction of sp³-hybridized carbons (Fsp3) is 0.400. The normalized spacial score (nSPS) is 12.5. The molecule has 0 aliphatic carbocycles. The molecule has 1 rings (SSSR count). The van der Waals surface area contributed by atoms with Crippen LogP contribution in [-0.4, -0.2) is 15.3 Å². The van der Waals surface area contributed by atoms with Gasteiger partial charge in [0.15, 0.2) is 0 Å². The summed E-state index contributed by atoms with van der Waals surface area (Å²) in [6.07, 6.45) is 0.738. The Bertz CT molecular complexity index is 322. The monoisotopic (exact) mass is 252 g/mol. The van der Waals surface area contributed by atoms with Gasteiger partial charge in [0.1, 0.15) is 5.03 Å². The Hall–Kier alpha value is -0.500. The topological polar surface area (TPSA) is 17.8 Å². The highest BCUT2D eigenvalue weighted by molar-refractivity contribution is 8.00. The highest BCUT2D eigenvalue weighted by Crippen LogP contribution is 2.41. The van der Waals surface area contributed by atoms with Crippen molar-refractivity contribution in [1.82, 2.24) is 9.78 Å². The molecule has 1 aromatic rings. The third-order valence-electron chi connectivity index (χ3n) is 1.11. The van der Waals surface area contributed by atoms with E-state index in [-0.39, 0.29) is 4.68 Å². The molecule has 9 heteroatoms. The maximum Gasteiger partial charge on any atom is 0.447 e. The van der Waals surface area contributed by atoms with Gasteiger partial charge in [-0.05, 0) is 0 Å². The molecular weight excluding hydrogens is 251 g/mol. The van der Waals surface area contributed by atoms with Gasteiger partial charge in [0.25, 0.3) is 0 Å². The van der Waals surface area contributed by atoms with Gasteiger partial charge in [-0.25, -0.2) is 0 Å². The molecule has 0 spiro atoms. The maximum atomic E-state index is 12.1. The van der Waals surface area contributed by atoms with Gasteiger partial charge in [-0.1, -0.05) is 11.6 Å². The molecule has 0 atom stereocenters. The number of hydrogen-bond donors (Lipinski definition) is 0. The Labute approximate surface area is 84.0 Å². The van der Waals surface area contributed by atoms with E-state index in [9.17, 15) is 22.0 Å². The molecule has 2 nitrogen and oxygen atoms in total. The molecule has 0 bridgehead atoms. The summed E-state index contributed by atoms with van der Waals surface area (Å²) in [5, 5.41) is 1.75. The van der Waals surface area contributed by atoms with E-state index in [1.54, 1.807) is 0 Å². The zero-order valence-electron chi connectivity index (χ0n) is 6.23. The Morgan fingerprint density at radius 2 is 2.00 bits per heavy atom. The molecule has 0 aliphatic rings. The molecule has 1 heterocycles. The third kappa shape index (κ3) is 2.74. The van der Waals surface area contributed by atoms with Crippen LogP contribution in [0.3, 0.4) is 0 Å². The second-order valence-electron chi connectivity index (χ2n) is 2.07. The minimum atomic E-state index is -4.67. The molecule has 1 aromatic heterocycles. The lowest BCUT2D eigenvalue weighted by atomic mass is 10.7. The first-order chi connectivity index (χ1) is 6.31. The fourth-order valence-electron chi connectivity index (χ4n) is 0.674. The second-order valence-corrected chi connectivity index (χ2v) is 3.53. The average molecular weight is 253 g/mol. The molecule has 0 saturated carbocycles. The van der Waals surface area contributed by atoms with Gasteiger partial charge >= 0.3 is 12.1 Å². The van der Waals surface area contributed by atoms with Crippen LogP contribution >= 0.6 is 23.4 Å². The highest BCUT2D eigenvalue weighted by Gasteiger charge is 2.33. The third-order valence-corrected chi connectivity index (χ3v) is 2.33. The van der Waals surface area contributed by atoms with Crippen molar-refractivity contribution in [2.45, 2.75) is 17.1 Å². The number of nitrogens with zero attached hydrogens (tertiary/aromatic N) is 2. The number of aromatic nitrogens is 2. The quantitative estimate of drug-likeness (QED) is 0.592. The first-order valence-corrected chi connectivity index (χ1v) is 4.27. The van der Waals surface area contributed by atoms with Crippen molar-refractivity contribution < 1.29 is 22.0 Å². The van der Waals surface area contributed by atoms with E-state index < -0.39 is 33.9 Å². The largest absolute Gasteiger partial charge is 0.447 e. The van der Waals surface area contributed by atoms with E-state index in [4.69, 9.17) is 11.6 Å². The molecule has 0 aliphatic heterocycles. The summed E-state index contributed by atoms with van der Waals surface area (Å²) < 4.78 is 59.7. The first kappa shape index (κ1) is 11.6. The summed E-state index contributed by atoms with van der Waals surface area (Å²) in [5.74, 6) is 0. The van der Waals surface area contributed by atoms with Crippen molar-refractivity contribution in [2.75, 3.05) is 0 Å². The van der Waals surface area contributed by atoms with Crippen LogP contribution in [0.15, 0.2) is 11.2 Å². The Balaban J connectivity index is 3.00. The van der Waals surface area contributed by atoms with E-state index in [0.717, 1.165) is 6.20 Å². The van der Waals surface area contributed by atoms with Crippen molar-refractivity contribution >= 4 is 23.4 Å². The Kier molecular flexibility index (Phi) is 3.25. The van der Waals surface area contributed by atoms with Crippen molar-refractivity contribution in [3.05, 3.63) is 11.2 Å². The predicted molar refractivity (Wildman–Crippen MR) is 40.4 cm³/mol. The molecule has 0 N–H and O–H groups in total. The molecule has 0 aromatic carbocycles. The number of halogens is 6. The van der Waals surface area contributed by atoms with Crippen molar-refractivity contribution in [1.29, 1.82) is 0 Å². The number of alkyl halides is 5. The van der Waals surface area contributed by atoms with Crippen LogP contribution in [0.5, 0.6) is 0 Å². The summed E-state index contributed by atoms with van der Waals surface area (Å²) in [6.45, 7) is -3.15. The fourth-order valence-corrected chi connectivity index (χ4v) is 1.51. The molecule has 0 radical (unpaired) electrons. The van der Waals surface area contributed by atoms with Crippen molar-refractivity contribution in [3.63, 3.8) is 0 Å². The zero-order chi connectivity index (χ0) is 10.9. The van der Waals surface area contributed by atoms with E-state index in [1.165, 1.54) is 0 Å². The molecule has 0 fully saturated rings. The lowest BCUT2D eigenvalue weighted by Crippen LogP contribution is -2.06. The molecule has 0 saturated heterocycles. The second kappa shape index (κ2) is 3.93. The van der Waals surface area contributed by atoms with E-state index in [0.29, 0.717) is 0 Å². The lowest BCUT2D eigenvalue weighted by Gasteiger charge is -2.08. The van der Waals surface area contributed by atoms with Gasteiger partial charge in [0.05, 0.1) is 11.2 Å². The number of rotatable bonds is 2. The van der Waals surface area contributed by atoms with Crippen LogP contribution in [0.25, 0.3) is 0 Å². The smallest absolute Gasteiger partial charge is 0.196 e. The standard InChI is InChI=1S/C5H2ClF5N2S/c6-2-1-12-13(4(7)8)3(2)14-5(9,10)11/h1,4H. The van der Waals surface area contributed by atoms with Gasteiger partial charge in [0, 0.05) is 11.8 Å². The van der Waals surface area contributed by atoms with Gasteiger partial charge in [-0.3, -0.25) is 0 Å². The average Bonchev–Trinajstić information content (AvgIpc) is 2.29.